The minimum atomic E-state index is -0.813. The highest BCUT2D eigenvalue weighted by molar-refractivity contribution is 7.14. The van der Waals surface area contributed by atoms with E-state index in [2.05, 4.69) is 5.32 Å². The molecule has 108 valence electrons. The molecule has 0 bridgehead atoms. The number of rotatable bonds is 3. The molecule has 1 aromatic rings. The lowest BCUT2D eigenvalue weighted by Crippen LogP contribution is -2.39. The number of carbonyl (C=O) groups excluding carboxylic acids is 1. The largest absolute Gasteiger partial charge is 0.481 e. The maximum atomic E-state index is 12.3. The van der Waals surface area contributed by atoms with Gasteiger partial charge in [0.15, 0.2) is 0 Å². The Balaban J connectivity index is 1.70. The van der Waals surface area contributed by atoms with Crippen LogP contribution in [0.3, 0.4) is 0 Å². The molecule has 2 aliphatic rings. The number of amides is 1. The number of carboxylic acids is 1. The summed E-state index contributed by atoms with van der Waals surface area (Å²) in [7, 11) is 0. The van der Waals surface area contributed by atoms with Crippen LogP contribution < -0.4 is 5.32 Å². The van der Waals surface area contributed by atoms with Gasteiger partial charge in [0.25, 0.3) is 5.91 Å². The molecule has 2 heterocycles. The lowest BCUT2D eigenvalue weighted by Gasteiger charge is -2.16. The minimum absolute atomic E-state index is 0.150. The lowest BCUT2D eigenvalue weighted by molar-refractivity contribution is -0.142. The van der Waals surface area contributed by atoms with Crippen molar-refractivity contribution >= 4 is 23.2 Å². The first-order valence-electron chi connectivity index (χ1n) is 6.88. The van der Waals surface area contributed by atoms with Crippen LogP contribution >= 0.6 is 11.3 Å². The number of aliphatic carboxylic acids is 1. The van der Waals surface area contributed by atoms with Crippen molar-refractivity contribution in [2.75, 3.05) is 6.61 Å². The van der Waals surface area contributed by atoms with Gasteiger partial charge in [-0.05, 0) is 24.5 Å². The average molecular weight is 295 g/mol. The van der Waals surface area contributed by atoms with Crippen molar-refractivity contribution in [2.45, 2.75) is 38.3 Å². The number of nitrogens with one attached hydrogen (secondary N) is 1. The number of thiophene rings is 1. The highest BCUT2D eigenvalue weighted by Crippen LogP contribution is 2.29. The lowest BCUT2D eigenvalue weighted by atomic mass is 10.0. The molecule has 6 heteroatoms. The summed E-state index contributed by atoms with van der Waals surface area (Å²) in [5, 5.41) is 12.0. The predicted octanol–water partition coefficient (Wildman–Crippen LogP) is 1.80. The van der Waals surface area contributed by atoms with Crippen LogP contribution in [0, 0.1) is 5.92 Å². The Morgan fingerprint density at radius 1 is 1.40 bits per heavy atom. The number of hydrogen-bond acceptors (Lipinski definition) is 4. The third-order valence-electron chi connectivity index (χ3n) is 4.00. The quantitative estimate of drug-likeness (QED) is 0.891. The van der Waals surface area contributed by atoms with Crippen LogP contribution in [0.25, 0.3) is 0 Å². The highest BCUT2D eigenvalue weighted by atomic mass is 32.1. The Hall–Kier alpha value is -1.40. The van der Waals surface area contributed by atoms with E-state index in [9.17, 15) is 9.59 Å². The molecule has 1 fully saturated rings. The van der Waals surface area contributed by atoms with Crippen LogP contribution in [0.4, 0.5) is 0 Å². The number of hydrogen-bond donors (Lipinski definition) is 2. The van der Waals surface area contributed by atoms with Gasteiger partial charge in [-0.15, -0.1) is 11.3 Å². The van der Waals surface area contributed by atoms with Gasteiger partial charge in [0.05, 0.1) is 24.0 Å². The van der Waals surface area contributed by atoms with E-state index in [1.807, 2.05) is 6.07 Å². The molecule has 3 rings (SSSR count). The molecule has 0 spiro atoms. The molecule has 0 unspecified atom stereocenters. The maximum Gasteiger partial charge on any atom is 0.308 e. The summed E-state index contributed by atoms with van der Waals surface area (Å²) < 4.78 is 5.37. The van der Waals surface area contributed by atoms with E-state index in [1.54, 1.807) is 0 Å². The molecule has 5 nitrogen and oxygen atoms in total. The van der Waals surface area contributed by atoms with Gasteiger partial charge in [-0.1, -0.05) is 6.42 Å². The van der Waals surface area contributed by atoms with E-state index in [-0.39, 0.29) is 11.9 Å². The third kappa shape index (κ3) is 2.58. The molecule has 1 aliphatic heterocycles. The normalized spacial score (nSPS) is 25.2. The number of carboxylic acid groups (broad SMARTS) is 1. The second-order valence-corrected chi connectivity index (χ2v) is 6.45. The topological polar surface area (TPSA) is 75.6 Å². The van der Waals surface area contributed by atoms with Crippen LogP contribution in [0.2, 0.25) is 0 Å². The van der Waals surface area contributed by atoms with E-state index in [0.29, 0.717) is 24.5 Å². The van der Waals surface area contributed by atoms with Crippen LogP contribution in [-0.2, 0) is 22.6 Å². The Kier molecular flexibility index (Phi) is 3.76. The van der Waals surface area contributed by atoms with Crippen LogP contribution in [0.15, 0.2) is 6.07 Å². The molecule has 20 heavy (non-hydrogen) atoms. The fourth-order valence-corrected chi connectivity index (χ4v) is 3.98. The van der Waals surface area contributed by atoms with Gasteiger partial charge in [0, 0.05) is 17.3 Å². The summed E-state index contributed by atoms with van der Waals surface area (Å²) in [6.45, 7) is 1.28. The minimum Gasteiger partial charge on any atom is -0.481 e. The monoisotopic (exact) mass is 295 g/mol. The van der Waals surface area contributed by atoms with Crippen LogP contribution in [0.1, 0.15) is 39.4 Å². The fraction of sp³-hybridized carbons (Fsp3) is 0.571. The number of carbonyl (C=O) groups is 2. The molecule has 1 aromatic heterocycles. The summed E-state index contributed by atoms with van der Waals surface area (Å²) in [5.41, 5.74) is 1.09. The van der Waals surface area contributed by atoms with Crippen LogP contribution in [0.5, 0.6) is 0 Å². The summed E-state index contributed by atoms with van der Waals surface area (Å²) in [4.78, 5) is 25.3. The molecule has 0 radical (unpaired) electrons. The van der Waals surface area contributed by atoms with E-state index in [4.69, 9.17) is 9.84 Å². The van der Waals surface area contributed by atoms with Gasteiger partial charge >= 0.3 is 5.97 Å². The van der Waals surface area contributed by atoms with Crippen molar-refractivity contribution < 1.29 is 19.4 Å². The molecular formula is C14H17NO4S. The van der Waals surface area contributed by atoms with Crippen molar-refractivity contribution in [2.24, 2.45) is 5.92 Å². The Morgan fingerprint density at radius 3 is 3.00 bits per heavy atom. The first-order valence-corrected chi connectivity index (χ1v) is 7.70. The molecule has 1 amide bonds. The van der Waals surface area contributed by atoms with Gasteiger partial charge in [-0.2, -0.15) is 0 Å². The standard InChI is InChI=1S/C14H17NO4S/c16-13(15-10-3-1-2-9(10)14(17)18)12-6-8-7-19-5-4-11(8)20-12/h6,9-10H,1-5,7H2,(H,15,16)(H,17,18)/t9-,10+/m1/s1. The predicted molar refractivity (Wildman–Crippen MR) is 73.9 cm³/mol. The van der Waals surface area contributed by atoms with Crippen LogP contribution in [-0.4, -0.2) is 29.6 Å². The Bertz CT molecular complexity index is 516. The highest BCUT2D eigenvalue weighted by Gasteiger charge is 2.34. The third-order valence-corrected chi connectivity index (χ3v) is 5.24. The van der Waals surface area contributed by atoms with Gasteiger partial charge in [0.2, 0.25) is 0 Å². The van der Waals surface area contributed by atoms with Crippen molar-refractivity contribution in [3.8, 4) is 0 Å². The van der Waals surface area contributed by atoms with E-state index >= 15 is 0 Å². The van der Waals surface area contributed by atoms with E-state index in [0.717, 1.165) is 24.8 Å². The number of fused-ring (bicyclic) bond motifs is 1. The second kappa shape index (κ2) is 5.54. The molecule has 2 atom stereocenters. The maximum absolute atomic E-state index is 12.3. The van der Waals surface area contributed by atoms with Crippen molar-refractivity contribution in [1.29, 1.82) is 0 Å². The fourth-order valence-electron chi connectivity index (χ4n) is 2.93. The SMILES string of the molecule is O=C(N[C@H]1CCC[C@H]1C(=O)O)c1cc2c(s1)CCOC2. The van der Waals surface area contributed by atoms with Gasteiger partial charge in [0.1, 0.15) is 0 Å². The molecule has 1 saturated carbocycles. The zero-order valence-electron chi connectivity index (χ0n) is 11.1. The zero-order valence-corrected chi connectivity index (χ0v) is 11.9. The smallest absolute Gasteiger partial charge is 0.308 e. The van der Waals surface area contributed by atoms with E-state index < -0.39 is 11.9 Å². The van der Waals surface area contributed by atoms with Crippen molar-refractivity contribution in [1.82, 2.24) is 5.32 Å². The van der Waals surface area contributed by atoms with Gasteiger partial charge in [-0.25, -0.2) is 0 Å². The average Bonchev–Trinajstić information content (AvgIpc) is 3.03. The first-order chi connectivity index (χ1) is 9.65. The molecule has 1 aliphatic carbocycles. The van der Waals surface area contributed by atoms with E-state index in [1.165, 1.54) is 16.2 Å². The second-order valence-electron chi connectivity index (χ2n) is 5.32. The molecule has 0 aromatic carbocycles. The number of ether oxygens (including phenoxy) is 1. The summed E-state index contributed by atoms with van der Waals surface area (Å²) in [5.74, 6) is -1.41. The molecule has 2 N–H and O–H groups in total. The molecule has 0 saturated heterocycles. The zero-order chi connectivity index (χ0) is 14.1. The summed E-state index contributed by atoms with van der Waals surface area (Å²) in [6, 6.07) is 1.63. The van der Waals surface area contributed by atoms with Crippen molar-refractivity contribution in [3.63, 3.8) is 0 Å². The summed E-state index contributed by atoms with van der Waals surface area (Å²) >= 11 is 1.50. The van der Waals surface area contributed by atoms with Gasteiger partial charge in [-0.3, -0.25) is 9.59 Å². The Labute approximate surface area is 120 Å². The first kappa shape index (κ1) is 13.6. The van der Waals surface area contributed by atoms with Gasteiger partial charge < -0.3 is 15.2 Å². The van der Waals surface area contributed by atoms with Crippen molar-refractivity contribution in [3.05, 3.63) is 21.4 Å². The Morgan fingerprint density at radius 2 is 2.25 bits per heavy atom. The summed E-state index contributed by atoms with van der Waals surface area (Å²) in [6.07, 6.45) is 3.11. The molecular weight excluding hydrogens is 278 g/mol.